The predicted molar refractivity (Wildman–Crippen MR) is 75.5 cm³/mol. The molecule has 1 amide bonds. The SMILES string of the molecule is CC(C)(C)OC(=O)NCC1(C(=O)CBr)CCOCC1. The molecule has 1 rings (SSSR count). The van der Waals surface area contributed by atoms with Crippen molar-refractivity contribution in [3.8, 4) is 0 Å². The van der Waals surface area contributed by atoms with Gasteiger partial charge in [-0.3, -0.25) is 4.79 Å². The highest BCUT2D eigenvalue weighted by atomic mass is 79.9. The van der Waals surface area contributed by atoms with Crippen molar-refractivity contribution in [2.24, 2.45) is 5.41 Å². The van der Waals surface area contributed by atoms with Crippen molar-refractivity contribution in [3.05, 3.63) is 0 Å². The number of carbonyl (C=O) groups excluding carboxylic acids is 2. The van der Waals surface area contributed by atoms with Crippen molar-refractivity contribution in [2.75, 3.05) is 25.1 Å². The van der Waals surface area contributed by atoms with Crippen molar-refractivity contribution in [1.82, 2.24) is 5.32 Å². The summed E-state index contributed by atoms with van der Waals surface area (Å²) in [6.07, 6.45) is 0.779. The first-order chi connectivity index (χ1) is 8.79. The van der Waals surface area contributed by atoms with Gasteiger partial charge in [-0.15, -0.1) is 0 Å². The molecule has 0 spiro atoms. The summed E-state index contributed by atoms with van der Waals surface area (Å²) in [7, 11) is 0. The van der Waals surface area contributed by atoms with Crippen LogP contribution in [0.5, 0.6) is 0 Å². The Bertz CT molecular complexity index is 332. The van der Waals surface area contributed by atoms with Gasteiger partial charge in [-0.1, -0.05) is 15.9 Å². The first kappa shape index (κ1) is 16.4. The van der Waals surface area contributed by atoms with E-state index in [0.29, 0.717) is 37.9 Å². The number of hydrogen-bond donors (Lipinski definition) is 1. The molecule has 1 saturated heterocycles. The smallest absolute Gasteiger partial charge is 0.407 e. The van der Waals surface area contributed by atoms with E-state index in [1.807, 2.05) is 0 Å². The molecular weight excluding hydrogens is 314 g/mol. The molecule has 1 heterocycles. The van der Waals surface area contributed by atoms with Crippen LogP contribution in [0.2, 0.25) is 0 Å². The summed E-state index contributed by atoms with van der Waals surface area (Å²) in [4.78, 5) is 23.8. The summed E-state index contributed by atoms with van der Waals surface area (Å²) in [6, 6.07) is 0. The second-order valence-corrected chi connectivity index (χ2v) is 6.37. The highest BCUT2D eigenvalue weighted by Crippen LogP contribution is 2.31. The van der Waals surface area contributed by atoms with E-state index in [9.17, 15) is 9.59 Å². The van der Waals surface area contributed by atoms with E-state index in [1.165, 1.54) is 0 Å². The van der Waals surface area contributed by atoms with Gasteiger partial charge in [0.2, 0.25) is 0 Å². The molecule has 110 valence electrons. The van der Waals surface area contributed by atoms with Gasteiger partial charge < -0.3 is 14.8 Å². The molecule has 1 aliphatic heterocycles. The molecule has 19 heavy (non-hydrogen) atoms. The number of hydrogen-bond acceptors (Lipinski definition) is 4. The normalized spacial score (nSPS) is 18.7. The molecular formula is C13H22BrNO4. The fourth-order valence-corrected chi connectivity index (χ4v) is 2.61. The van der Waals surface area contributed by atoms with E-state index in [0.717, 1.165) is 0 Å². The number of amides is 1. The lowest BCUT2D eigenvalue weighted by atomic mass is 9.77. The van der Waals surface area contributed by atoms with Crippen LogP contribution in [0.25, 0.3) is 0 Å². The molecule has 1 N–H and O–H groups in total. The number of Topliss-reactive ketones (excluding diaryl/α,β-unsaturated/α-hetero) is 1. The van der Waals surface area contributed by atoms with E-state index in [2.05, 4.69) is 21.2 Å². The predicted octanol–water partition coefficient (Wildman–Crippen LogP) is 2.27. The van der Waals surface area contributed by atoms with Gasteiger partial charge in [-0.25, -0.2) is 4.79 Å². The topological polar surface area (TPSA) is 64.6 Å². The number of carbonyl (C=O) groups is 2. The highest BCUT2D eigenvalue weighted by molar-refractivity contribution is 9.09. The van der Waals surface area contributed by atoms with E-state index in [4.69, 9.17) is 9.47 Å². The van der Waals surface area contributed by atoms with Crippen LogP contribution >= 0.6 is 15.9 Å². The van der Waals surface area contributed by atoms with Crippen molar-refractivity contribution in [1.29, 1.82) is 0 Å². The third-order valence-electron chi connectivity index (χ3n) is 3.13. The number of rotatable bonds is 4. The summed E-state index contributed by atoms with van der Waals surface area (Å²) < 4.78 is 10.5. The lowest BCUT2D eigenvalue weighted by Gasteiger charge is -2.35. The minimum absolute atomic E-state index is 0.104. The lowest BCUT2D eigenvalue weighted by molar-refractivity contribution is -0.131. The van der Waals surface area contributed by atoms with Crippen LogP contribution < -0.4 is 5.32 Å². The monoisotopic (exact) mass is 335 g/mol. The van der Waals surface area contributed by atoms with Gasteiger partial charge in [0.25, 0.3) is 0 Å². The van der Waals surface area contributed by atoms with Crippen LogP contribution in [0.3, 0.4) is 0 Å². The highest BCUT2D eigenvalue weighted by Gasteiger charge is 2.39. The maximum atomic E-state index is 12.1. The summed E-state index contributed by atoms with van der Waals surface area (Å²) in [6.45, 7) is 6.82. The summed E-state index contributed by atoms with van der Waals surface area (Å²) in [5, 5.41) is 3.00. The van der Waals surface area contributed by atoms with E-state index < -0.39 is 17.1 Å². The number of nitrogens with one attached hydrogen (secondary N) is 1. The average Bonchev–Trinajstić information content (AvgIpc) is 2.34. The molecule has 0 unspecified atom stereocenters. The van der Waals surface area contributed by atoms with Crippen molar-refractivity contribution >= 4 is 27.8 Å². The molecule has 0 aromatic heterocycles. The molecule has 1 aliphatic rings. The Labute approximate surface area is 122 Å². The lowest BCUT2D eigenvalue weighted by Crippen LogP contribution is -2.48. The standard InChI is InChI=1S/C13H22BrNO4/c1-12(2,3)19-11(17)15-9-13(10(16)8-14)4-6-18-7-5-13/h4-9H2,1-3H3,(H,15,17). The minimum atomic E-state index is -0.535. The van der Waals surface area contributed by atoms with Crippen LogP contribution in [0.15, 0.2) is 0 Å². The molecule has 5 nitrogen and oxygen atoms in total. The molecule has 0 aromatic carbocycles. The molecule has 0 aliphatic carbocycles. The Morgan fingerprint density at radius 3 is 2.37 bits per heavy atom. The Kier molecular flexibility index (Phi) is 5.80. The molecule has 0 aromatic rings. The summed E-state index contributed by atoms with van der Waals surface area (Å²) in [5.41, 5.74) is -1.06. The van der Waals surface area contributed by atoms with Gasteiger partial charge >= 0.3 is 6.09 Å². The zero-order valence-corrected chi connectivity index (χ0v) is 13.3. The first-order valence-electron chi connectivity index (χ1n) is 6.43. The van der Waals surface area contributed by atoms with Gasteiger partial charge in [-0.2, -0.15) is 0 Å². The second-order valence-electron chi connectivity index (χ2n) is 5.80. The molecule has 0 bridgehead atoms. The van der Waals surface area contributed by atoms with E-state index in [-0.39, 0.29) is 5.78 Å². The van der Waals surface area contributed by atoms with Crippen molar-refractivity contribution < 1.29 is 19.1 Å². The Morgan fingerprint density at radius 1 is 1.32 bits per heavy atom. The Morgan fingerprint density at radius 2 is 1.89 bits per heavy atom. The summed E-state index contributed by atoms with van der Waals surface area (Å²) >= 11 is 3.21. The molecule has 0 atom stereocenters. The zero-order chi connectivity index (χ0) is 14.5. The third-order valence-corrected chi connectivity index (χ3v) is 3.64. The van der Waals surface area contributed by atoms with Crippen LogP contribution in [0, 0.1) is 5.41 Å². The molecule has 6 heteroatoms. The van der Waals surface area contributed by atoms with E-state index >= 15 is 0 Å². The average molecular weight is 336 g/mol. The minimum Gasteiger partial charge on any atom is -0.444 e. The van der Waals surface area contributed by atoms with E-state index in [1.54, 1.807) is 20.8 Å². The van der Waals surface area contributed by atoms with Crippen molar-refractivity contribution in [3.63, 3.8) is 0 Å². The van der Waals surface area contributed by atoms with Gasteiger partial charge in [-0.05, 0) is 33.6 Å². The number of halogens is 1. The fraction of sp³-hybridized carbons (Fsp3) is 0.846. The molecule has 1 fully saturated rings. The van der Waals surface area contributed by atoms with Gasteiger partial charge in [0.05, 0.1) is 10.7 Å². The maximum absolute atomic E-state index is 12.1. The van der Waals surface area contributed by atoms with Crippen molar-refractivity contribution in [2.45, 2.75) is 39.2 Å². The number of alkyl halides is 1. The summed E-state index contributed by atoms with van der Waals surface area (Å²) in [5.74, 6) is 0.104. The first-order valence-corrected chi connectivity index (χ1v) is 7.55. The van der Waals surface area contributed by atoms with Gasteiger partial charge in [0.1, 0.15) is 5.60 Å². The van der Waals surface area contributed by atoms with Crippen LogP contribution in [0.4, 0.5) is 4.79 Å². The fourth-order valence-electron chi connectivity index (χ4n) is 2.01. The van der Waals surface area contributed by atoms with Crippen LogP contribution in [0.1, 0.15) is 33.6 Å². The molecule has 0 radical (unpaired) electrons. The quantitative estimate of drug-likeness (QED) is 0.800. The zero-order valence-electron chi connectivity index (χ0n) is 11.8. The number of ether oxygens (including phenoxy) is 2. The second kappa shape index (κ2) is 6.70. The largest absolute Gasteiger partial charge is 0.444 e. The third kappa shape index (κ3) is 5.10. The Balaban J connectivity index is 2.59. The number of ketones is 1. The molecule has 0 saturated carbocycles. The maximum Gasteiger partial charge on any atom is 0.407 e. The van der Waals surface area contributed by atoms with Crippen LogP contribution in [-0.2, 0) is 14.3 Å². The number of alkyl carbamates (subject to hydrolysis) is 1. The van der Waals surface area contributed by atoms with Crippen LogP contribution in [-0.4, -0.2) is 42.6 Å². The Hall–Kier alpha value is -0.620. The van der Waals surface area contributed by atoms with Gasteiger partial charge in [0.15, 0.2) is 5.78 Å². The van der Waals surface area contributed by atoms with Gasteiger partial charge in [0, 0.05) is 19.8 Å².